The lowest BCUT2D eigenvalue weighted by molar-refractivity contribution is 0.102. The molecule has 1 aromatic carbocycles. The van der Waals surface area contributed by atoms with Gasteiger partial charge in [-0.05, 0) is 54.7 Å². The fourth-order valence-corrected chi connectivity index (χ4v) is 4.40. The number of fused-ring (bicyclic) bond motifs is 1. The van der Waals surface area contributed by atoms with E-state index < -0.39 is 0 Å². The van der Waals surface area contributed by atoms with E-state index in [-0.39, 0.29) is 5.91 Å². The largest absolute Gasteiger partial charge is 0.355 e. The van der Waals surface area contributed by atoms with Crippen LogP contribution in [0.15, 0.2) is 61.2 Å². The molecule has 0 bridgehead atoms. The summed E-state index contributed by atoms with van der Waals surface area (Å²) < 4.78 is 1.78. The van der Waals surface area contributed by atoms with E-state index in [0.29, 0.717) is 11.4 Å². The topological polar surface area (TPSA) is 79.2 Å². The number of hydrogen-bond acceptors (Lipinski definition) is 6. The summed E-state index contributed by atoms with van der Waals surface area (Å²) in [6, 6.07) is 11.7. The van der Waals surface area contributed by atoms with Crippen molar-refractivity contribution in [1.82, 2.24) is 24.6 Å². The maximum Gasteiger partial charge on any atom is 0.257 e. The summed E-state index contributed by atoms with van der Waals surface area (Å²) in [6.07, 6.45) is 8.41. The standard InChI is InChI=1S/C26H29N7O/c1-3-32-9-4-10-33(12-11-32)25-15-20(7-8-27-25)26(34)30-24-14-22-13-19(5-6-21(22)16-28-24)23-17-29-31(2)18-23/h5-8,13-18H,3-4,9-12H2,1-2H3,(H,28,30,34). The molecule has 1 fully saturated rings. The highest BCUT2D eigenvalue weighted by molar-refractivity contribution is 6.05. The summed E-state index contributed by atoms with van der Waals surface area (Å²) in [5, 5.41) is 9.22. The molecule has 34 heavy (non-hydrogen) atoms. The van der Waals surface area contributed by atoms with Crippen LogP contribution >= 0.6 is 0 Å². The van der Waals surface area contributed by atoms with Crippen molar-refractivity contribution in [2.24, 2.45) is 7.05 Å². The lowest BCUT2D eigenvalue weighted by Gasteiger charge is -2.22. The monoisotopic (exact) mass is 455 g/mol. The molecule has 0 unspecified atom stereocenters. The lowest BCUT2D eigenvalue weighted by Crippen LogP contribution is -2.31. The van der Waals surface area contributed by atoms with E-state index in [1.165, 1.54) is 0 Å². The van der Waals surface area contributed by atoms with Crippen molar-refractivity contribution in [3.63, 3.8) is 0 Å². The fourth-order valence-electron chi connectivity index (χ4n) is 4.40. The number of pyridine rings is 2. The highest BCUT2D eigenvalue weighted by Gasteiger charge is 2.17. The average Bonchev–Trinajstić information content (AvgIpc) is 3.15. The van der Waals surface area contributed by atoms with Gasteiger partial charge in [0.05, 0.1) is 6.20 Å². The molecule has 0 radical (unpaired) electrons. The Morgan fingerprint density at radius 3 is 2.71 bits per heavy atom. The molecule has 3 aromatic heterocycles. The van der Waals surface area contributed by atoms with Crippen LogP contribution in [0.4, 0.5) is 11.6 Å². The molecule has 174 valence electrons. The summed E-state index contributed by atoms with van der Waals surface area (Å²) in [7, 11) is 1.90. The van der Waals surface area contributed by atoms with Crippen molar-refractivity contribution < 1.29 is 4.79 Å². The molecule has 0 spiro atoms. The summed E-state index contributed by atoms with van der Waals surface area (Å²) in [4.78, 5) is 26.7. The molecule has 1 N–H and O–H groups in total. The van der Waals surface area contributed by atoms with Gasteiger partial charge in [-0.2, -0.15) is 5.10 Å². The van der Waals surface area contributed by atoms with Gasteiger partial charge in [-0.1, -0.05) is 19.1 Å². The van der Waals surface area contributed by atoms with Crippen molar-refractivity contribution in [2.45, 2.75) is 13.3 Å². The Balaban J connectivity index is 1.33. The minimum absolute atomic E-state index is 0.191. The Bertz CT molecular complexity index is 1320. The maximum absolute atomic E-state index is 13.0. The number of anilines is 2. The molecule has 1 saturated heterocycles. The number of benzene rings is 1. The van der Waals surface area contributed by atoms with Crippen LogP contribution in [0.1, 0.15) is 23.7 Å². The molecular formula is C26H29N7O. The van der Waals surface area contributed by atoms with Gasteiger partial charge in [0.1, 0.15) is 11.6 Å². The number of nitrogens with one attached hydrogen (secondary N) is 1. The number of carbonyl (C=O) groups excluding carboxylic acids is 1. The first-order valence-corrected chi connectivity index (χ1v) is 11.7. The Kier molecular flexibility index (Phi) is 6.22. The van der Waals surface area contributed by atoms with Crippen LogP contribution in [0.5, 0.6) is 0 Å². The molecule has 1 aliphatic rings. The lowest BCUT2D eigenvalue weighted by atomic mass is 10.1. The highest BCUT2D eigenvalue weighted by atomic mass is 16.1. The Morgan fingerprint density at radius 1 is 0.971 bits per heavy atom. The number of nitrogens with zero attached hydrogens (tertiary/aromatic N) is 6. The van der Waals surface area contributed by atoms with Crippen molar-refractivity contribution >= 4 is 28.3 Å². The third kappa shape index (κ3) is 4.77. The van der Waals surface area contributed by atoms with Crippen LogP contribution < -0.4 is 10.2 Å². The fraction of sp³-hybridized carbons (Fsp3) is 0.308. The summed E-state index contributed by atoms with van der Waals surface area (Å²) in [5.74, 6) is 1.18. The summed E-state index contributed by atoms with van der Waals surface area (Å²) in [6.45, 7) is 7.23. The predicted molar refractivity (Wildman–Crippen MR) is 135 cm³/mol. The second-order valence-electron chi connectivity index (χ2n) is 8.67. The second kappa shape index (κ2) is 9.61. The predicted octanol–water partition coefficient (Wildman–Crippen LogP) is 3.81. The highest BCUT2D eigenvalue weighted by Crippen LogP contribution is 2.25. The average molecular weight is 456 g/mol. The molecule has 4 aromatic rings. The normalized spacial score (nSPS) is 14.8. The number of amides is 1. The van der Waals surface area contributed by atoms with E-state index in [2.05, 4.69) is 49.2 Å². The van der Waals surface area contributed by atoms with Gasteiger partial charge in [0.25, 0.3) is 5.91 Å². The van der Waals surface area contributed by atoms with Crippen LogP contribution in [-0.4, -0.2) is 63.3 Å². The smallest absolute Gasteiger partial charge is 0.257 e. The number of rotatable bonds is 5. The molecule has 0 aliphatic carbocycles. The van der Waals surface area contributed by atoms with Crippen LogP contribution in [0.2, 0.25) is 0 Å². The number of likely N-dealkylation sites (N-methyl/N-ethyl adjacent to an activating group) is 1. The molecule has 4 heterocycles. The number of carbonyl (C=O) groups is 1. The Hall–Kier alpha value is -3.78. The van der Waals surface area contributed by atoms with Crippen molar-refractivity contribution in [2.75, 3.05) is 42.9 Å². The van der Waals surface area contributed by atoms with Crippen molar-refractivity contribution in [1.29, 1.82) is 0 Å². The van der Waals surface area contributed by atoms with Crippen LogP contribution in [-0.2, 0) is 7.05 Å². The first-order chi connectivity index (χ1) is 16.6. The summed E-state index contributed by atoms with van der Waals surface area (Å²) >= 11 is 0. The minimum atomic E-state index is -0.191. The maximum atomic E-state index is 13.0. The zero-order chi connectivity index (χ0) is 23.5. The summed E-state index contributed by atoms with van der Waals surface area (Å²) in [5.41, 5.74) is 2.70. The Labute approximate surface area is 199 Å². The van der Waals surface area contributed by atoms with Gasteiger partial charge in [-0.3, -0.25) is 9.48 Å². The zero-order valence-corrected chi connectivity index (χ0v) is 19.6. The molecule has 1 amide bonds. The van der Waals surface area contributed by atoms with Gasteiger partial charge in [0, 0.05) is 61.8 Å². The third-order valence-electron chi connectivity index (χ3n) is 6.37. The van der Waals surface area contributed by atoms with E-state index in [1.807, 2.05) is 37.6 Å². The molecule has 8 heteroatoms. The molecule has 0 atom stereocenters. The zero-order valence-electron chi connectivity index (χ0n) is 19.6. The number of aromatic nitrogens is 4. The van der Waals surface area contributed by atoms with E-state index in [1.54, 1.807) is 23.1 Å². The number of hydrogen-bond donors (Lipinski definition) is 1. The SMILES string of the molecule is CCN1CCCN(c2cc(C(=O)Nc3cc4cc(-c5cnn(C)c5)ccc4cn3)ccn2)CC1. The van der Waals surface area contributed by atoms with E-state index >= 15 is 0 Å². The Morgan fingerprint density at radius 2 is 1.88 bits per heavy atom. The minimum Gasteiger partial charge on any atom is -0.355 e. The number of aryl methyl sites for hydroxylation is 1. The van der Waals surface area contributed by atoms with Gasteiger partial charge in [-0.25, -0.2) is 9.97 Å². The van der Waals surface area contributed by atoms with Crippen LogP contribution in [0.25, 0.3) is 21.9 Å². The van der Waals surface area contributed by atoms with Gasteiger partial charge in [0.15, 0.2) is 0 Å². The van der Waals surface area contributed by atoms with Gasteiger partial charge in [0.2, 0.25) is 0 Å². The van der Waals surface area contributed by atoms with Crippen molar-refractivity contribution in [3.8, 4) is 11.1 Å². The second-order valence-corrected chi connectivity index (χ2v) is 8.67. The van der Waals surface area contributed by atoms with Gasteiger partial charge in [-0.15, -0.1) is 0 Å². The van der Waals surface area contributed by atoms with E-state index in [4.69, 9.17) is 0 Å². The first-order valence-electron chi connectivity index (χ1n) is 11.7. The van der Waals surface area contributed by atoms with E-state index in [0.717, 1.165) is 66.9 Å². The molecular weight excluding hydrogens is 426 g/mol. The quantitative estimate of drug-likeness (QED) is 0.493. The van der Waals surface area contributed by atoms with Crippen LogP contribution in [0, 0.1) is 0 Å². The van der Waals surface area contributed by atoms with E-state index in [9.17, 15) is 4.79 Å². The molecule has 0 saturated carbocycles. The third-order valence-corrected chi connectivity index (χ3v) is 6.37. The molecule has 8 nitrogen and oxygen atoms in total. The first kappa shape index (κ1) is 22.0. The van der Waals surface area contributed by atoms with Crippen molar-refractivity contribution in [3.05, 3.63) is 66.7 Å². The molecule has 1 aliphatic heterocycles. The molecule has 5 rings (SSSR count). The van der Waals surface area contributed by atoms with Gasteiger partial charge < -0.3 is 15.1 Å². The van der Waals surface area contributed by atoms with Gasteiger partial charge >= 0.3 is 0 Å². The van der Waals surface area contributed by atoms with Crippen LogP contribution in [0.3, 0.4) is 0 Å².